The zero-order chi connectivity index (χ0) is 25.2. The van der Waals surface area contributed by atoms with Gasteiger partial charge in [0.15, 0.2) is 11.6 Å². The molecule has 0 N–H and O–H groups in total. The van der Waals surface area contributed by atoms with Crippen molar-refractivity contribution in [3.8, 4) is 0 Å². The first kappa shape index (κ1) is 25.4. The zero-order valence-electron chi connectivity index (χ0n) is 18.9. The number of rotatable bonds is 6. The number of ether oxygens (including phenoxy) is 1. The molecular weight excluding hydrogens is 457 g/mol. The van der Waals surface area contributed by atoms with Crippen molar-refractivity contribution >= 4 is 11.9 Å². The number of allylic oxidation sites excluding steroid dienone is 1. The van der Waals surface area contributed by atoms with Crippen LogP contribution < -0.4 is 0 Å². The van der Waals surface area contributed by atoms with Crippen molar-refractivity contribution in [3.63, 3.8) is 0 Å². The van der Waals surface area contributed by atoms with Gasteiger partial charge in [0.2, 0.25) is 5.91 Å². The van der Waals surface area contributed by atoms with E-state index in [1.54, 1.807) is 0 Å². The summed E-state index contributed by atoms with van der Waals surface area (Å²) in [7, 11) is 0. The summed E-state index contributed by atoms with van der Waals surface area (Å²) in [5.41, 5.74) is 0.226. The third-order valence-corrected chi connectivity index (χ3v) is 5.56. The highest BCUT2D eigenvalue weighted by molar-refractivity contribution is 5.95. The molecule has 0 bridgehead atoms. The van der Waals surface area contributed by atoms with Crippen LogP contribution in [0.1, 0.15) is 49.8 Å². The molecule has 3 rings (SSSR count). The number of hydrogen-bond donors (Lipinski definition) is 0. The van der Waals surface area contributed by atoms with Crippen LogP contribution in [0, 0.1) is 17.6 Å². The molecule has 0 fully saturated rings. The Hall–Kier alpha value is -3.23. The van der Waals surface area contributed by atoms with E-state index in [1.807, 2.05) is 13.8 Å². The lowest BCUT2D eigenvalue weighted by Crippen LogP contribution is -2.38. The molecule has 0 radical (unpaired) electrons. The maximum Gasteiger partial charge on any atom is 0.416 e. The van der Waals surface area contributed by atoms with Crippen LogP contribution in [-0.2, 0) is 27.0 Å². The lowest BCUT2D eigenvalue weighted by molar-refractivity contribution is -0.141. The number of carbonyl (C=O) groups is 2. The number of amides is 1. The molecule has 0 aromatic heterocycles. The molecule has 1 atom stereocenters. The SMILES string of the molecule is CC1=C(C(=O)OCC(C)C)[C@H](c2ccc(C(F)(F)F)cc2)CC(=O)N1Cc1ccc(F)c(F)c1. The molecule has 0 spiro atoms. The number of halogens is 5. The third-order valence-electron chi connectivity index (χ3n) is 5.56. The highest BCUT2D eigenvalue weighted by atomic mass is 19.4. The Morgan fingerprint density at radius 3 is 2.29 bits per heavy atom. The Labute approximate surface area is 194 Å². The molecule has 0 aliphatic carbocycles. The van der Waals surface area contributed by atoms with Gasteiger partial charge in [0, 0.05) is 18.0 Å². The molecule has 0 saturated carbocycles. The standard InChI is InChI=1S/C25H24F5NO3/c1-14(2)13-34-24(33)23-15(3)31(12-16-4-9-20(26)21(27)10-16)22(32)11-19(23)17-5-7-18(8-6-17)25(28,29)30/h4-10,14,19H,11-13H2,1-3H3/t19-/m0/s1. The zero-order valence-corrected chi connectivity index (χ0v) is 18.9. The van der Waals surface area contributed by atoms with Gasteiger partial charge in [-0.05, 0) is 48.2 Å². The lowest BCUT2D eigenvalue weighted by atomic mass is 9.83. The van der Waals surface area contributed by atoms with Gasteiger partial charge in [0.25, 0.3) is 0 Å². The van der Waals surface area contributed by atoms with Crippen LogP contribution in [0.4, 0.5) is 22.0 Å². The van der Waals surface area contributed by atoms with Crippen molar-refractivity contribution in [1.82, 2.24) is 4.90 Å². The van der Waals surface area contributed by atoms with Gasteiger partial charge in [0.1, 0.15) is 0 Å². The van der Waals surface area contributed by atoms with Crippen LogP contribution >= 0.6 is 0 Å². The molecular formula is C25H24F5NO3. The van der Waals surface area contributed by atoms with Gasteiger partial charge in [-0.3, -0.25) is 4.79 Å². The van der Waals surface area contributed by atoms with E-state index in [1.165, 1.54) is 30.0 Å². The average Bonchev–Trinajstić information content (AvgIpc) is 2.76. The van der Waals surface area contributed by atoms with E-state index in [9.17, 15) is 31.5 Å². The molecule has 1 heterocycles. The number of alkyl halides is 3. The van der Waals surface area contributed by atoms with E-state index < -0.39 is 41.2 Å². The predicted octanol–water partition coefficient (Wildman–Crippen LogP) is 5.97. The number of esters is 1. The molecule has 2 aromatic carbocycles. The van der Waals surface area contributed by atoms with Gasteiger partial charge >= 0.3 is 12.1 Å². The molecule has 1 aliphatic rings. The second-order valence-electron chi connectivity index (χ2n) is 8.60. The topological polar surface area (TPSA) is 46.6 Å². The van der Waals surface area contributed by atoms with Crippen molar-refractivity contribution in [2.45, 2.75) is 45.8 Å². The first-order valence-corrected chi connectivity index (χ1v) is 10.7. The van der Waals surface area contributed by atoms with Gasteiger partial charge in [-0.25, -0.2) is 13.6 Å². The van der Waals surface area contributed by atoms with Crippen LogP contribution in [-0.4, -0.2) is 23.4 Å². The summed E-state index contributed by atoms with van der Waals surface area (Å²) in [6.45, 7) is 5.23. The minimum absolute atomic E-state index is 0.0397. The smallest absolute Gasteiger partial charge is 0.416 e. The minimum Gasteiger partial charge on any atom is -0.462 e. The first-order chi connectivity index (χ1) is 15.9. The fraction of sp³-hybridized carbons (Fsp3) is 0.360. The van der Waals surface area contributed by atoms with Crippen molar-refractivity contribution < 1.29 is 36.3 Å². The third kappa shape index (κ3) is 5.63. The Morgan fingerprint density at radius 1 is 1.09 bits per heavy atom. The van der Waals surface area contributed by atoms with Crippen molar-refractivity contribution in [1.29, 1.82) is 0 Å². The van der Waals surface area contributed by atoms with Crippen LogP contribution in [0.5, 0.6) is 0 Å². The summed E-state index contributed by atoms with van der Waals surface area (Å²) in [5.74, 6) is -3.95. The van der Waals surface area contributed by atoms with Gasteiger partial charge in [0.05, 0.1) is 24.3 Å². The molecule has 4 nitrogen and oxygen atoms in total. The van der Waals surface area contributed by atoms with Gasteiger partial charge < -0.3 is 9.64 Å². The van der Waals surface area contributed by atoms with Crippen molar-refractivity contribution in [3.05, 3.63) is 82.1 Å². The number of carbonyl (C=O) groups excluding carboxylic acids is 2. The Morgan fingerprint density at radius 2 is 1.74 bits per heavy atom. The molecule has 182 valence electrons. The molecule has 34 heavy (non-hydrogen) atoms. The largest absolute Gasteiger partial charge is 0.462 e. The molecule has 0 saturated heterocycles. The normalized spacial score (nSPS) is 16.9. The summed E-state index contributed by atoms with van der Waals surface area (Å²) in [4.78, 5) is 27.3. The van der Waals surface area contributed by atoms with E-state index >= 15 is 0 Å². The van der Waals surface area contributed by atoms with Gasteiger partial charge in [-0.2, -0.15) is 13.2 Å². The van der Waals surface area contributed by atoms with Crippen molar-refractivity contribution in [2.75, 3.05) is 6.61 Å². The lowest BCUT2D eigenvalue weighted by Gasteiger charge is -2.34. The molecule has 0 unspecified atom stereocenters. The number of nitrogens with zero attached hydrogens (tertiary/aromatic N) is 1. The van der Waals surface area contributed by atoms with Crippen molar-refractivity contribution in [2.24, 2.45) is 5.92 Å². The number of benzene rings is 2. The van der Waals surface area contributed by atoms with Gasteiger partial charge in [-0.15, -0.1) is 0 Å². The molecule has 1 aliphatic heterocycles. The second-order valence-corrected chi connectivity index (χ2v) is 8.60. The van der Waals surface area contributed by atoms with E-state index in [0.717, 1.165) is 24.3 Å². The fourth-order valence-corrected chi connectivity index (χ4v) is 3.80. The van der Waals surface area contributed by atoms with E-state index in [2.05, 4.69) is 0 Å². The maximum absolute atomic E-state index is 13.7. The highest BCUT2D eigenvalue weighted by Gasteiger charge is 2.38. The van der Waals surface area contributed by atoms with Crippen LogP contribution in [0.2, 0.25) is 0 Å². The summed E-state index contributed by atoms with van der Waals surface area (Å²) < 4.78 is 71.3. The molecule has 1 amide bonds. The maximum atomic E-state index is 13.7. The Bertz CT molecular complexity index is 1110. The molecule has 2 aromatic rings. The summed E-state index contributed by atoms with van der Waals surface area (Å²) in [6, 6.07) is 7.54. The van der Waals surface area contributed by atoms with Crippen LogP contribution in [0.25, 0.3) is 0 Å². The molecule has 9 heteroatoms. The summed E-state index contributed by atoms with van der Waals surface area (Å²) in [5, 5.41) is 0. The fourth-order valence-electron chi connectivity index (χ4n) is 3.80. The Balaban J connectivity index is 2.01. The van der Waals surface area contributed by atoms with E-state index in [4.69, 9.17) is 4.74 Å². The van der Waals surface area contributed by atoms with Gasteiger partial charge in [-0.1, -0.05) is 32.0 Å². The highest BCUT2D eigenvalue weighted by Crippen LogP contribution is 2.39. The quantitative estimate of drug-likeness (QED) is 0.377. The second kappa shape index (κ2) is 9.95. The minimum atomic E-state index is -4.52. The van der Waals surface area contributed by atoms with E-state index in [-0.39, 0.29) is 36.8 Å². The Kier molecular flexibility index (Phi) is 7.43. The predicted molar refractivity (Wildman–Crippen MR) is 114 cm³/mol. The monoisotopic (exact) mass is 481 g/mol. The van der Waals surface area contributed by atoms with E-state index in [0.29, 0.717) is 11.1 Å². The summed E-state index contributed by atoms with van der Waals surface area (Å²) in [6.07, 6.45) is -4.72. The summed E-state index contributed by atoms with van der Waals surface area (Å²) >= 11 is 0. The number of hydrogen-bond acceptors (Lipinski definition) is 3. The first-order valence-electron chi connectivity index (χ1n) is 10.7. The average molecular weight is 481 g/mol. The van der Waals surface area contributed by atoms with Crippen LogP contribution in [0.3, 0.4) is 0 Å². The van der Waals surface area contributed by atoms with Crippen LogP contribution in [0.15, 0.2) is 53.7 Å².